The molecule has 3 nitrogen and oxygen atoms in total. The predicted molar refractivity (Wildman–Crippen MR) is 72.6 cm³/mol. The molecule has 17 heavy (non-hydrogen) atoms. The van der Waals surface area contributed by atoms with Crippen LogP contribution in [0.15, 0.2) is 6.07 Å². The Morgan fingerprint density at radius 2 is 2.12 bits per heavy atom. The summed E-state index contributed by atoms with van der Waals surface area (Å²) in [7, 11) is 1.94. The van der Waals surface area contributed by atoms with Crippen molar-refractivity contribution in [1.82, 2.24) is 9.97 Å². The minimum absolute atomic E-state index is 0.523. The van der Waals surface area contributed by atoms with Crippen LogP contribution in [-0.4, -0.2) is 22.8 Å². The minimum Gasteiger partial charge on any atom is -0.373 e. The van der Waals surface area contributed by atoms with E-state index in [1.165, 1.54) is 43.6 Å². The van der Waals surface area contributed by atoms with E-state index in [0.29, 0.717) is 11.2 Å². The van der Waals surface area contributed by atoms with Gasteiger partial charge in [-0.3, -0.25) is 0 Å². The largest absolute Gasteiger partial charge is 0.373 e. The van der Waals surface area contributed by atoms with Crippen molar-refractivity contribution in [2.75, 3.05) is 18.1 Å². The zero-order valence-corrected chi connectivity index (χ0v) is 11.1. The second-order valence-corrected chi connectivity index (χ2v) is 6.23. The Morgan fingerprint density at radius 1 is 1.24 bits per heavy atom. The molecule has 2 heterocycles. The quantitative estimate of drug-likeness (QED) is 0.891. The van der Waals surface area contributed by atoms with Crippen molar-refractivity contribution in [3.63, 3.8) is 0 Å². The molecule has 2 aliphatic rings. The van der Waals surface area contributed by atoms with Gasteiger partial charge in [-0.25, -0.2) is 9.97 Å². The van der Waals surface area contributed by atoms with E-state index in [4.69, 9.17) is 4.98 Å². The van der Waals surface area contributed by atoms with Crippen molar-refractivity contribution in [2.24, 2.45) is 0 Å². The molecular formula is C13H19N3S. The second-order valence-electron chi connectivity index (χ2n) is 4.92. The number of aromatic nitrogens is 2. The molecule has 1 N–H and O–H groups in total. The number of thioether (sulfide) groups is 1. The van der Waals surface area contributed by atoms with Crippen LogP contribution in [0.2, 0.25) is 0 Å². The maximum absolute atomic E-state index is 4.80. The van der Waals surface area contributed by atoms with Gasteiger partial charge in [0.25, 0.3) is 0 Å². The monoisotopic (exact) mass is 249 g/mol. The number of rotatable bonds is 3. The van der Waals surface area contributed by atoms with Gasteiger partial charge in [-0.2, -0.15) is 11.8 Å². The highest BCUT2D eigenvalue weighted by Crippen LogP contribution is 2.42. The molecule has 0 aromatic carbocycles. The van der Waals surface area contributed by atoms with E-state index in [2.05, 4.69) is 16.4 Å². The number of nitrogens with zero attached hydrogens (tertiary/aromatic N) is 2. The van der Waals surface area contributed by atoms with Gasteiger partial charge in [0.05, 0.1) is 5.25 Å². The van der Waals surface area contributed by atoms with Crippen molar-refractivity contribution in [2.45, 2.75) is 43.3 Å². The Hall–Kier alpha value is -0.770. The summed E-state index contributed by atoms with van der Waals surface area (Å²) in [4.78, 5) is 9.44. The molecule has 1 aromatic heterocycles. The molecule has 0 radical (unpaired) electrons. The molecule has 1 atom stereocenters. The van der Waals surface area contributed by atoms with Crippen molar-refractivity contribution in [3.8, 4) is 0 Å². The Morgan fingerprint density at radius 3 is 2.76 bits per heavy atom. The summed E-state index contributed by atoms with van der Waals surface area (Å²) in [6, 6.07) is 2.12. The molecule has 4 heteroatoms. The van der Waals surface area contributed by atoms with Crippen LogP contribution in [0.1, 0.15) is 54.8 Å². The second kappa shape index (κ2) is 4.84. The van der Waals surface area contributed by atoms with E-state index in [1.807, 2.05) is 18.8 Å². The van der Waals surface area contributed by atoms with Crippen molar-refractivity contribution in [1.29, 1.82) is 0 Å². The molecule has 1 aliphatic carbocycles. The Kier molecular flexibility index (Phi) is 3.23. The number of nitrogens with one attached hydrogen (secondary N) is 1. The fourth-order valence-electron chi connectivity index (χ4n) is 2.29. The molecule has 1 saturated carbocycles. The molecule has 3 rings (SSSR count). The fraction of sp³-hybridized carbons (Fsp3) is 0.692. The molecule has 2 fully saturated rings. The first-order chi connectivity index (χ1) is 8.36. The summed E-state index contributed by atoms with van der Waals surface area (Å²) in [6.07, 6.45) is 6.52. The van der Waals surface area contributed by atoms with Crippen LogP contribution in [0, 0.1) is 0 Å². The lowest BCUT2D eigenvalue weighted by molar-refractivity contribution is 0.659. The summed E-state index contributed by atoms with van der Waals surface area (Å²) < 4.78 is 0. The lowest BCUT2D eigenvalue weighted by atomic mass is 10.1. The zero-order valence-electron chi connectivity index (χ0n) is 10.3. The molecule has 1 saturated heterocycles. The lowest BCUT2D eigenvalue weighted by Crippen LogP contribution is -2.09. The average molecular weight is 249 g/mol. The molecule has 92 valence electrons. The molecule has 0 amide bonds. The maximum atomic E-state index is 4.80. The van der Waals surface area contributed by atoms with Gasteiger partial charge in [0.15, 0.2) is 0 Å². The molecule has 0 spiro atoms. The van der Waals surface area contributed by atoms with Crippen LogP contribution in [-0.2, 0) is 0 Å². The van der Waals surface area contributed by atoms with Crippen molar-refractivity contribution in [3.05, 3.63) is 17.6 Å². The van der Waals surface area contributed by atoms with Crippen LogP contribution in [0.25, 0.3) is 0 Å². The SMILES string of the molecule is CNc1cc(C2CC2)nc(C2CCCCS2)n1. The first kappa shape index (κ1) is 11.3. The fourth-order valence-corrected chi connectivity index (χ4v) is 3.53. The van der Waals surface area contributed by atoms with Gasteiger partial charge in [0, 0.05) is 24.7 Å². The standard InChI is InChI=1S/C13H19N3S/c1-14-12-8-10(9-5-6-9)15-13(16-12)11-4-2-3-7-17-11/h8-9,11H,2-7H2,1H3,(H,14,15,16). The van der Waals surface area contributed by atoms with Gasteiger partial charge >= 0.3 is 0 Å². The summed E-state index contributed by atoms with van der Waals surface area (Å²) in [5.74, 6) is 4.01. The Labute approximate surface area is 107 Å². The maximum Gasteiger partial charge on any atom is 0.143 e. The van der Waals surface area contributed by atoms with Gasteiger partial charge in [-0.05, 0) is 31.4 Å². The number of hydrogen-bond acceptors (Lipinski definition) is 4. The van der Waals surface area contributed by atoms with Crippen molar-refractivity contribution < 1.29 is 0 Å². The van der Waals surface area contributed by atoms with E-state index >= 15 is 0 Å². The zero-order chi connectivity index (χ0) is 11.7. The summed E-state index contributed by atoms with van der Waals surface area (Å²) >= 11 is 2.02. The van der Waals surface area contributed by atoms with Gasteiger partial charge in [0.1, 0.15) is 11.6 Å². The Bertz CT molecular complexity index is 398. The van der Waals surface area contributed by atoms with E-state index in [0.717, 1.165) is 11.6 Å². The summed E-state index contributed by atoms with van der Waals surface area (Å²) in [6.45, 7) is 0. The highest BCUT2D eigenvalue weighted by atomic mass is 32.2. The van der Waals surface area contributed by atoms with E-state index in [-0.39, 0.29) is 0 Å². The molecule has 0 bridgehead atoms. The third kappa shape index (κ3) is 2.57. The van der Waals surface area contributed by atoms with Gasteiger partial charge in [-0.1, -0.05) is 6.42 Å². The lowest BCUT2D eigenvalue weighted by Gasteiger charge is -2.20. The summed E-state index contributed by atoms with van der Waals surface area (Å²) in [5, 5.41) is 3.69. The third-order valence-electron chi connectivity index (χ3n) is 3.48. The van der Waals surface area contributed by atoms with Crippen LogP contribution < -0.4 is 5.32 Å². The molecular weight excluding hydrogens is 230 g/mol. The van der Waals surface area contributed by atoms with E-state index in [1.54, 1.807) is 0 Å². The smallest absolute Gasteiger partial charge is 0.143 e. The van der Waals surface area contributed by atoms with Gasteiger partial charge < -0.3 is 5.32 Å². The molecule has 1 aliphatic heterocycles. The summed E-state index contributed by atoms with van der Waals surface area (Å²) in [5.41, 5.74) is 1.26. The predicted octanol–water partition coefficient (Wildman–Crippen LogP) is 3.35. The van der Waals surface area contributed by atoms with Gasteiger partial charge in [0.2, 0.25) is 0 Å². The van der Waals surface area contributed by atoms with Crippen molar-refractivity contribution >= 4 is 17.6 Å². The van der Waals surface area contributed by atoms with E-state index < -0.39 is 0 Å². The first-order valence-electron chi connectivity index (χ1n) is 6.55. The van der Waals surface area contributed by atoms with Crippen LogP contribution in [0.3, 0.4) is 0 Å². The average Bonchev–Trinajstić information content (AvgIpc) is 3.23. The first-order valence-corrected chi connectivity index (χ1v) is 7.60. The highest BCUT2D eigenvalue weighted by molar-refractivity contribution is 7.99. The van der Waals surface area contributed by atoms with Crippen LogP contribution in [0.5, 0.6) is 0 Å². The van der Waals surface area contributed by atoms with Crippen LogP contribution in [0.4, 0.5) is 5.82 Å². The third-order valence-corrected chi connectivity index (χ3v) is 4.86. The Balaban J connectivity index is 1.88. The topological polar surface area (TPSA) is 37.8 Å². The van der Waals surface area contributed by atoms with Gasteiger partial charge in [-0.15, -0.1) is 0 Å². The number of anilines is 1. The molecule has 1 unspecified atom stereocenters. The normalized spacial score (nSPS) is 24.6. The minimum atomic E-state index is 0.523. The molecule has 1 aromatic rings. The van der Waals surface area contributed by atoms with E-state index in [9.17, 15) is 0 Å². The number of hydrogen-bond donors (Lipinski definition) is 1. The highest BCUT2D eigenvalue weighted by Gasteiger charge is 2.27. The van der Waals surface area contributed by atoms with Crippen LogP contribution >= 0.6 is 11.8 Å².